The molecule has 4 aromatic carbocycles. The summed E-state index contributed by atoms with van der Waals surface area (Å²) >= 11 is 6.07. The van der Waals surface area contributed by atoms with E-state index < -0.39 is 5.54 Å². The molecule has 0 saturated carbocycles. The number of hydrogen-bond donors (Lipinski definition) is 0. The molecule has 0 spiro atoms. The summed E-state index contributed by atoms with van der Waals surface area (Å²) in [5.74, 6) is 0.918. The maximum Gasteiger partial charge on any atom is 0.121 e. The number of benzene rings is 4. The van der Waals surface area contributed by atoms with Crippen LogP contribution in [0.3, 0.4) is 0 Å². The van der Waals surface area contributed by atoms with Crippen LogP contribution >= 0.6 is 11.6 Å². The summed E-state index contributed by atoms with van der Waals surface area (Å²) < 4.78 is 2.29. The maximum absolute atomic E-state index is 6.07. The summed E-state index contributed by atoms with van der Waals surface area (Å²) in [6, 6.07) is 40.0. The predicted octanol–water partition coefficient (Wildman–Crippen LogP) is 7.17. The van der Waals surface area contributed by atoms with E-state index in [2.05, 4.69) is 120 Å². The molecule has 0 saturated heterocycles. The Balaban J connectivity index is 1.69. The molecular weight excluding hydrogens is 424 g/mol. The van der Waals surface area contributed by atoms with Crippen LogP contribution in [0, 0.1) is 6.42 Å². The van der Waals surface area contributed by atoms with E-state index in [4.69, 9.17) is 16.6 Å². The van der Waals surface area contributed by atoms with Crippen LogP contribution in [0.25, 0.3) is 0 Å². The van der Waals surface area contributed by atoms with Crippen LogP contribution in [0.1, 0.15) is 28.1 Å². The van der Waals surface area contributed by atoms with Gasteiger partial charge in [0.05, 0.1) is 0 Å². The number of nitrogens with zero attached hydrogens (tertiary/aromatic N) is 2. The normalized spacial score (nSPS) is 11.4. The lowest BCUT2D eigenvalue weighted by atomic mass is 9.76. The molecule has 1 aromatic heterocycles. The molecule has 5 rings (SSSR count). The van der Waals surface area contributed by atoms with Gasteiger partial charge in [-0.15, -0.1) is 0 Å². The first-order chi connectivity index (χ1) is 16.3. The predicted molar refractivity (Wildman–Crippen MR) is 135 cm³/mol. The number of imidazole rings is 1. The van der Waals surface area contributed by atoms with Gasteiger partial charge in [0.1, 0.15) is 11.4 Å². The fraction of sp³-hybridized carbons (Fsp3) is 0.0667. The summed E-state index contributed by atoms with van der Waals surface area (Å²) in [4.78, 5) is 4.77. The lowest BCUT2D eigenvalue weighted by molar-refractivity contribution is 0.503. The highest BCUT2D eigenvalue weighted by atomic mass is 35.5. The first-order valence-corrected chi connectivity index (χ1v) is 11.4. The van der Waals surface area contributed by atoms with Crippen molar-refractivity contribution in [3.63, 3.8) is 0 Å². The van der Waals surface area contributed by atoms with Gasteiger partial charge in [0, 0.05) is 23.8 Å². The van der Waals surface area contributed by atoms with Crippen LogP contribution in [-0.4, -0.2) is 9.55 Å². The van der Waals surface area contributed by atoms with Crippen molar-refractivity contribution in [2.45, 2.75) is 12.0 Å². The van der Waals surface area contributed by atoms with Crippen molar-refractivity contribution in [2.75, 3.05) is 0 Å². The second kappa shape index (κ2) is 9.48. The third-order valence-corrected chi connectivity index (χ3v) is 6.29. The monoisotopic (exact) mass is 447 g/mol. The zero-order valence-corrected chi connectivity index (χ0v) is 18.9. The minimum atomic E-state index is -0.563. The van der Waals surface area contributed by atoms with Gasteiger partial charge in [-0.05, 0) is 40.8 Å². The molecular formula is C30H24ClN2. The van der Waals surface area contributed by atoms with E-state index in [-0.39, 0.29) is 0 Å². The summed E-state index contributed by atoms with van der Waals surface area (Å²) in [5.41, 5.74) is 4.18. The topological polar surface area (TPSA) is 17.8 Å². The van der Waals surface area contributed by atoms with Crippen molar-refractivity contribution >= 4 is 11.6 Å². The van der Waals surface area contributed by atoms with Crippen LogP contribution < -0.4 is 0 Å². The molecule has 3 heteroatoms. The number of rotatable bonds is 7. The Labute approximate surface area is 200 Å². The molecule has 1 heterocycles. The molecule has 161 valence electrons. The van der Waals surface area contributed by atoms with Crippen molar-refractivity contribution in [3.8, 4) is 0 Å². The Kier molecular flexibility index (Phi) is 6.10. The minimum Gasteiger partial charge on any atom is -0.316 e. The van der Waals surface area contributed by atoms with Crippen molar-refractivity contribution in [1.29, 1.82) is 0 Å². The number of aromatic nitrogens is 2. The fourth-order valence-electron chi connectivity index (χ4n) is 4.53. The maximum atomic E-state index is 6.07. The third-order valence-electron chi connectivity index (χ3n) is 6.04. The molecule has 0 N–H and O–H groups in total. The van der Waals surface area contributed by atoms with Crippen LogP contribution in [0.4, 0.5) is 0 Å². The molecule has 0 fully saturated rings. The highest BCUT2D eigenvalue weighted by Crippen LogP contribution is 2.41. The zero-order chi connectivity index (χ0) is 22.5. The standard InChI is InChI=1S/C30H24ClN2/c31-28-19-16-24(17-20-28)18-21-29-32-22-23-33(29)30(25-10-4-1-5-11-25,26-12-6-2-7-13-26)27-14-8-3-9-15-27/h1-17,19-23H,18H2. The Bertz CT molecular complexity index is 1200. The van der Waals surface area contributed by atoms with Gasteiger partial charge in [-0.3, -0.25) is 0 Å². The molecule has 0 unspecified atom stereocenters. The van der Waals surface area contributed by atoms with Crippen molar-refractivity contribution in [2.24, 2.45) is 0 Å². The molecule has 1 radical (unpaired) electrons. The van der Waals surface area contributed by atoms with E-state index in [1.54, 1.807) is 0 Å². The van der Waals surface area contributed by atoms with E-state index in [0.29, 0.717) is 0 Å². The van der Waals surface area contributed by atoms with Gasteiger partial charge in [0.25, 0.3) is 0 Å². The van der Waals surface area contributed by atoms with E-state index >= 15 is 0 Å². The van der Waals surface area contributed by atoms with Crippen LogP contribution in [0.2, 0.25) is 5.02 Å². The molecule has 33 heavy (non-hydrogen) atoms. The van der Waals surface area contributed by atoms with E-state index in [0.717, 1.165) is 17.3 Å². The number of halogens is 1. The fourth-order valence-corrected chi connectivity index (χ4v) is 4.66. The molecule has 2 nitrogen and oxygen atoms in total. The summed E-state index contributed by atoms with van der Waals surface area (Å²) in [7, 11) is 0. The molecule has 0 aliphatic carbocycles. The quantitative estimate of drug-likeness (QED) is 0.242. The highest BCUT2D eigenvalue weighted by Gasteiger charge is 2.39. The zero-order valence-electron chi connectivity index (χ0n) is 18.2. The summed E-state index contributed by atoms with van der Waals surface area (Å²) in [6.07, 6.45) is 6.92. The summed E-state index contributed by atoms with van der Waals surface area (Å²) in [5, 5.41) is 0.747. The molecule has 0 aliphatic rings. The second-order valence-corrected chi connectivity index (χ2v) is 8.44. The van der Waals surface area contributed by atoms with Gasteiger partial charge in [0.2, 0.25) is 0 Å². The van der Waals surface area contributed by atoms with Gasteiger partial charge in [-0.2, -0.15) is 0 Å². The van der Waals surface area contributed by atoms with Crippen molar-refractivity contribution < 1.29 is 0 Å². The third kappa shape index (κ3) is 4.10. The van der Waals surface area contributed by atoms with E-state index in [1.807, 2.05) is 18.3 Å². The lowest BCUT2D eigenvalue weighted by Gasteiger charge is -2.38. The van der Waals surface area contributed by atoms with Crippen LogP contribution in [-0.2, 0) is 12.0 Å². The van der Waals surface area contributed by atoms with Crippen molar-refractivity contribution in [1.82, 2.24) is 9.55 Å². The van der Waals surface area contributed by atoms with Gasteiger partial charge in [0.15, 0.2) is 0 Å². The number of hydrogen-bond acceptors (Lipinski definition) is 1. The van der Waals surface area contributed by atoms with Crippen LogP contribution in [0.5, 0.6) is 0 Å². The highest BCUT2D eigenvalue weighted by molar-refractivity contribution is 6.30. The van der Waals surface area contributed by atoms with Gasteiger partial charge in [-0.25, -0.2) is 4.98 Å². The first kappa shape index (κ1) is 21.2. The van der Waals surface area contributed by atoms with E-state index in [1.165, 1.54) is 22.3 Å². The Morgan fingerprint density at radius 3 is 1.64 bits per heavy atom. The van der Waals surface area contributed by atoms with Crippen LogP contribution in [0.15, 0.2) is 128 Å². The Morgan fingerprint density at radius 1 is 0.667 bits per heavy atom. The molecule has 0 atom stereocenters. The Morgan fingerprint density at radius 2 is 1.15 bits per heavy atom. The lowest BCUT2D eigenvalue weighted by Crippen LogP contribution is -2.38. The Hall–Kier alpha value is -3.62. The second-order valence-electron chi connectivity index (χ2n) is 8.00. The van der Waals surface area contributed by atoms with E-state index in [9.17, 15) is 0 Å². The van der Waals surface area contributed by atoms with Gasteiger partial charge in [-0.1, -0.05) is 115 Å². The largest absolute Gasteiger partial charge is 0.316 e. The molecule has 0 bridgehead atoms. The molecule has 5 aromatic rings. The van der Waals surface area contributed by atoms with Crippen molar-refractivity contribution in [3.05, 3.63) is 167 Å². The van der Waals surface area contributed by atoms with Gasteiger partial charge >= 0.3 is 0 Å². The average molecular weight is 448 g/mol. The van der Waals surface area contributed by atoms with Gasteiger partial charge < -0.3 is 4.57 Å². The molecule has 0 amide bonds. The smallest absolute Gasteiger partial charge is 0.121 e. The minimum absolute atomic E-state index is 0.563. The first-order valence-electron chi connectivity index (χ1n) is 11.1. The summed E-state index contributed by atoms with van der Waals surface area (Å²) in [6.45, 7) is 0. The molecule has 0 aliphatic heterocycles. The SMILES string of the molecule is Clc1ccc(C[CH]c2nccn2C(c2ccccc2)(c2ccccc2)c2ccccc2)cc1. The average Bonchev–Trinajstić information content (AvgIpc) is 3.35.